The molecular weight excluding hydrogens is 547 g/mol. The molecule has 1 aromatic heterocycles. The van der Waals surface area contributed by atoms with Gasteiger partial charge in [-0.1, -0.05) is 66.2 Å². The highest BCUT2D eigenvalue weighted by molar-refractivity contribution is 9.10. The van der Waals surface area contributed by atoms with E-state index < -0.39 is 0 Å². The molecule has 1 aliphatic heterocycles. The number of rotatable bonds is 8. The Morgan fingerprint density at radius 3 is 2.47 bits per heavy atom. The molecule has 0 aliphatic carbocycles. The number of halogens is 2. The summed E-state index contributed by atoms with van der Waals surface area (Å²) in [5, 5.41) is 13.3. The van der Waals surface area contributed by atoms with Gasteiger partial charge in [0, 0.05) is 48.8 Å². The van der Waals surface area contributed by atoms with Crippen LogP contribution in [-0.4, -0.2) is 58.1 Å². The van der Waals surface area contributed by atoms with Crippen molar-refractivity contribution in [3.05, 3.63) is 98.5 Å². The van der Waals surface area contributed by atoms with E-state index in [1.165, 1.54) is 23.0 Å². The Hall–Kier alpha value is -3.24. The molecule has 38 heavy (non-hydrogen) atoms. The van der Waals surface area contributed by atoms with Crippen LogP contribution in [0.5, 0.6) is 0 Å². The highest BCUT2D eigenvalue weighted by Crippen LogP contribution is 2.22. The summed E-state index contributed by atoms with van der Waals surface area (Å²) in [6, 6.07) is 19.9. The predicted octanol–water partition coefficient (Wildman–Crippen LogP) is 4.88. The number of aromatic nitrogens is 2. The molecule has 1 fully saturated rings. The third kappa shape index (κ3) is 5.76. The summed E-state index contributed by atoms with van der Waals surface area (Å²) < 4.78 is 15.7. The van der Waals surface area contributed by atoms with Gasteiger partial charge in [-0.2, -0.15) is 9.78 Å². The van der Waals surface area contributed by atoms with Crippen LogP contribution in [0.15, 0.2) is 81.1 Å². The minimum absolute atomic E-state index is 0.299. The molecule has 0 unspecified atom stereocenters. The fourth-order valence-electron chi connectivity index (χ4n) is 4.77. The molecule has 0 saturated carbocycles. The van der Waals surface area contributed by atoms with Crippen molar-refractivity contribution in [2.45, 2.75) is 26.4 Å². The molecule has 2 heterocycles. The van der Waals surface area contributed by atoms with Gasteiger partial charge in [0.2, 0.25) is 0 Å². The Bertz CT molecular complexity index is 1510. The maximum Gasteiger partial charge on any atom is 0.282 e. The normalized spacial score (nSPS) is 15.3. The van der Waals surface area contributed by atoms with E-state index in [4.69, 9.17) is 4.98 Å². The smallest absolute Gasteiger partial charge is 0.282 e. The van der Waals surface area contributed by atoms with E-state index in [9.17, 15) is 9.18 Å². The van der Waals surface area contributed by atoms with E-state index in [1.54, 1.807) is 18.2 Å². The van der Waals surface area contributed by atoms with Crippen LogP contribution in [-0.2, 0) is 6.54 Å². The molecule has 0 atom stereocenters. The molecule has 4 aromatic rings. The third-order valence-electron chi connectivity index (χ3n) is 6.78. The fraction of sp³-hybridized carbons (Fsp3) is 0.276. The first kappa shape index (κ1) is 26.4. The lowest BCUT2D eigenvalue weighted by molar-refractivity contribution is 0.0388. The standard InChI is InChI=1S/C29H30BrFN6O/c1-3-35-18-25(19-36(35)4-2)32-16-20-8-10-22(11-9-20)28-34-27-13-12-23(30)15-26(27)29(38)37(28)33-17-21-6-5-7-24(31)14-21/h5-15,17,25,32H,3-4,16,18-19H2,1-2H3. The first-order valence-electron chi connectivity index (χ1n) is 12.8. The van der Waals surface area contributed by atoms with Crippen LogP contribution < -0.4 is 10.9 Å². The largest absolute Gasteiger partial charge is 0.307 e. The topological polar surface area (TPSA) is 65.8 Å². The number of hydrogen-bond acceptors (Lipinski definition) is 6. The predicted molar refractivity (Wildman–Crippen MR) is 154 cm³/mol. The number of benzene rings is 3. The summed E-state index contributed by atoms with van der Waals surface area (Å²) in [6.45, 7) is 9.17. The molecule has 0 radical (unpaired) electrons. The van der Waals surface area contributed by atoms with Gasteiger partial charge in [0.15, 0.2) is 5.82 Å². The van der Waals surface area contributed by atoms with Crippen molar-refractivity contribution in [1.29, 1.82) is 0 Å². The van der Waals surface area contributed by atoms with E-state index in [2.05, 4.69) is 50.2 Å². The number of fused-ring (bicyclic) bond motifs is 1. The summed E-state index contributed by atoms with van der Waals surface area (Å²) in [5.41, 5.74) is 2.75. The zero-order valence-electron chi connectivity index (χ0n) is 21.4. The first-order chi connectivity index (χ1) is 18.4. The van der Waals surface area contributed by atoms with Gasteiger partial charge in [-0.05, 0) is 41.5 Å². The van der Waals surface area contributed by atoms with Gasteiger partial charge in [-0.15, -0.1) is 0 Å². The summed E-state index contributed by atoms with van der Waals surface area (Å²) in [6.07, 6.45) is 1.47. The number of hydrogen-bond donors (Lipinski definition) is 1. The van der Waals surface area contributed by atoms with Crippen LogP contribution in [0.4, 0.5) is 4.39 Å². The molecule has 1 saturated heterocycles. The number of nitrogens with one attached hydrogen (secondary N) is 1. The molecule has 1 aliphatic rings. The lowest BCUT2D eigenvalue weighted by Gasteiger charge is -2.24. The van der Waals surface area contributed by atoms with Crippen molar-refractivity contribution in [2.24, 2.45) is 5.10 Å². The summed E-state index contributed by atoms with van der Waals surface area (Å²) in [5.74, 6) is 0.0543. The summed E-state index contributed by atoms with van der Waals surface area (Å²) in [4.78, 5) is 18.3. The number of likely N-dealkylation sites (N-methyl/N-ethyl adjacent to an activating group) is 2. The number of hydrazine groups is 1. The molecule has 0 bridgehead atoms. The van der Waals surface area contributed by atoms with Gasteiger partial charge in [-0.25, -0.2) is 19.4 Å². The highest BCUT2D eigenvalue weighted by Gasteiger charge is 2.27. The van der Waals surface area contributed by atoms with Gasteiger partial charge in [-0.3, -0.25) is 4.79 Å². The van der Waals surface area contributed by atoms with Gasteiger partial charge in [0.25, 0.3) is 5.56 Å². The second-order valence-corrected chi connectivity index (χ2v) is 10.2. The highest BCUT2D eigenvalue weighted by atomic mass is 79.9. The van der Waals surface area contributed by atoms with Crippen LogP contribution in [0.25, 0.3) is 22.3 Å². The van der Waals surface area contributed by atoms with Crippen molar-refractivity contribution in [1.82, 2.24) is 25.0 Å². The Balaban J connectivity index is 1.43. The molecule has 196 valence electrons. The monoisotopic (exact) mass is 576 g/mol. The Labute approximate surface area is 229 Å². The Morgan fingerprint density at radius 1 is 1.05 bits per heavy atom. The van der Waals surface area contributed by atoms with Crippen LogP contribution in [0.3, 0.4) is 0 Å². The van der Waals surface area contributed by atoms with E-state index in [0.717, 1.165) is 48.3 Å². The maximum atomic E-state index is 13.7. The van der Waals surface area contributed by atoms with Crippen LogP contribution in [0, 0.1) is 5.82 Å². The van der Waals surface area contributed by atoms with Crippen LogP contribution in [0.1, 0.15) is 25.0 Å². The van der Waals surface area contributed by atoms with Crippen molar-refractivity contribution >= 4 is 33.0 Å². The second-order valence-electron chi connectivity index (χ2n) is 9.30. The minimum atomic E-state index is -0.367. The van der Waals surface area contributed by atoms with E-state index >= 15 is 0 Å². The maximum absolute atomic E-state index is 13.7. The lowest BCUT2D eigenvalue weighted by atomic mass is 10.1. The zero-order valence-corrected chi connectivity index (χ0v) is 23.0. The molecule has 0 amide bonds. The minimum Gasteiger partial charge on any atom is -0.307 e. The molecular formula is C29H30BrFN6O. The zero-order chi connectivity index (χ0) is 26.6. The summed E-state index contributed by atoms with van der Waals surface area (Å²) >= 11 is 3.43. The van der Waals surface area contributed by atoms with Gasteiger partial charge < -0.3 is 5.32 Å². The van der Waals surface area contributed by atoms with Crippen LogP contribution in [0.2, 0.25) is 0 Å². The van der Waals surface area contributed by atoms with E-state index in [1.807, 2.05) is 36.4 Å². The van der Waals surface area contributed by atoms with Crippen molar-refractivity contribution < 1.29 is 4.39 Å². The fourth-order valence-corrected chi connectivity index (χ4v) is 5.13. The Kier molecular flexibility index (Phi) is 8.09. The van der Waals surface area contributed by atoms with E-state index in [-0.39, 0.29) is 11.4 Å². The molecule has 9 heteroatoms. The molecule has 0 spiro atoms. The average Bonchev–Trinajstić information content (AvgIpc) is 3.34. The van der Waals surface area contributed by atoms with Crippen molar-refractivity contribution in [3.63, 3.8) is 0 Å². The van der Waals surface area contributed by atoms with Crippen molar-refractivity contribution in [2.75, 3.05) is 26.2 Å². The second kappa shape index (κ2) is 11.7. The van der Waals surface area contributed by atoms with E-state index in [0.29, 0.717) is 28.3 Å². The van der Waals surface area contributed by atoms with Crippen LogP contribution >= 0.6 is 15.9 Å². The van der Waals surface area contributed by atoms with Crippen molar-refractivity contribution in [3.8, 4) is 11.4 Å². The quantitative estimate of drug-likeness (QED) is 0.303. The summed E-state index contributed by atoms with van der Waals surface area (Å²) in [7, 11) is 0. The molecule has 7 nitrogen and oxygen atoms in total. The lowest BCUT2D eigenvalue weighted by Crippen LogP contribution is -2.35. The van der Waals surface area contributed by atoms with Gasteiger partial charge in [0.1, 0.15) is 5.82 Å². The first-order valence-corrected chi connectivity index (χ1v) is 13.6. The molecule has 3 aromatic carbocycles. The molecule has 5 rings (SSSR count). The Morgan fingerprint density at radius 2 is 1.79 bits per heavy atom. The number of nitrogens with zero attached hydrogens (tertiary/aromatic N) is 5. The van der Waals surface area contributed by atoms with Gasteiger partial charge >= 0.3 is 0 Å². The SMILES string of the molecule is CCN1CC(NCc2ccc(-c3nc4ccc(Br)cc4c(=O)n3N=Cc3cccc(F)c3)cc2)CN1CC. The third-order valence-corrected chi connectivity index (χ3v) is 7.27. The molecule has 1 N–H and O–H groups in total. The average molecular weight is 578 g/mol. The van der Waals surface area contributed by atoms with Gasteiger partial charge in [0.05, 0.1) is 17.1 Å².